The molecule has 0 aromatic heterocycles. The van der Waals surface area contributed by atoms with Gasteiger partial charge in [-0.3, -0.25) is 24.7 Å². The third kappa shape index (κ3) is 4.15. The number of amides is 3. The number of halogens is 1. The fraction of sp³-hybridized carbons (Fsp3) is 0.158. The molecule has 1 saturated heterocycles. The van der Waals surface area contributed by atoms with E-state index in [1.807, 2.05) is 0 Å². The SMILES string of the molecule is CN1C(=O)C(CC(=O)Nc2ccc(F)cc2)N(NC(=O)c2ccccc2)C1=S. The highest BCUT2D eigenvalue weighted by molar-refractivity contribution is 7.80. The van der Waals surface area contributed by atoms with Crippen molar-refractivity contribution in [3.8, 4) is 0 Å². The Hall–Kier alpha value is -3.33. The van der Waals surface area contributed by atoms with Crippen molar-refractivity contribution in [2.75, 3.05) is 12.4 Å². The largest absolute Gasteiger partial charge is 0.326 e. The zero-order valence-electron chi connectivity index (χ0n) is 14.9. The van der Waals surface area contributed by atoms with E-state index in [4.69, 9.17) is 12.2 Å². The number of carbonyl (C=O) groups is 3. The second-order valence-electron chi connectivity index (χ2n) is 6.13. The molecule has 0 aliphatic carbocycles. The number of thiocarbonyl (C=S) groups is 1. The van der Waals surface area contributed by atoms with Gasteiger partial charge in [0.25, 0.3) is 11.8 Å². The zero-order valence-corrected chi connectivity index (χ0v) is 15.7. The molecule has 0 saturated carbocycles. The summed E-state index contributed by atoms with van der Waals surface area (Å²) in [5, 5.41) is 3.90. The topological polar surface area (TPSA) is 81.8 Å². The van der Waals surface area contributed by atoms with E-state index < -0.39 is 29.6 Å². The summed E-state index contributed by atoms with van der Waals surface area (Å²) in [5.74, 6) is -1.75. The molecular weight excluding hydrogens is 383 g/mol. The van der Waals surface area contributed by atoms with Crippen molar-refractivity contribution in [3.05, 3.63) is 66.0 Å². The Bertz CT molecular complexity index is 921. The van der Waals surface area contributed by atoms with Crippen molar-refractivity contribution in [2.24, 2.45) is 0 Å². The Balaban J connectivity index is 1.72. The number of anilines is 1. The van der Waals surface area contributed by atoms with E-state index in [2.05, 4.69) is 10.7 Å². The van der Waals surface area contributed by atoms with Gasteiger partial charge in [0.15, 0.2) is 5.11 Å². The first-order valence-corrected chi connectivity index (χ1v) is 8.80. The first kappa shape index (κ1) is 19.4. The maximum atomic E-state index is 13.0. The Morgan fingerprint density at radius 2 is 1.75 bits per heavy atom. The van der Waals surface area contributed by atoms with Crippen LogP contribution in [0.25, 0.3) is 0 Å². The maximum absolute atomic E-state index is 13.0. The summed E-state index contributed by atoms with van der Waals surface area (Å²) >= 11 is 5.23. The molecule has 28 heavy (non-hydrogen) atoms. The van der Waals surface area contributed by atoms with Gasteiger partial charge in [-0.2, -0.15) is 0 Å². The van der Waals surface area contributed by atoms with Crippen LogP contribution in [-0.4, -0.2) is 45.8 Å². The van der Waals surface area contributed by atoms with Crippen LogP contribution in [0.1, 0.15) is 16.8 Å². The maximum Gasteiger partial charge on any atom is 0.269 e. The van der Waals surface area contributed by atoms with E-state index in [1.54, 1.807) is 30.3 Å². The molecule has 2 aromatic carbocycles. The average molecular weight is 400 g/mol. The second-order valence-corrected chi connectivity index (χ2v) is 6.50. The summed E-state index contributed by atoms with van der Waals surface area (Å²) < 4.78 is 13.0. The predicted molar refractivity (Wildman–Crippen MR) is 105 cm³/mol. The van der Waals surface area contributed by atoms with Crippen LogP contribution >= 0.6 is 12.2 Å². The van der Waals surface area contributed by atoms with Crippen LogP contribution in [0, 0.1) is 5.82 Å². The number of hydrazine groups is 1. The van der Waals surface area contributed by atoms with Crippen LogP contribution in [0.5, 0.6) is 0 Å². The normalized spacial score (nSPS) is 16.3. The van der Waals surface area contributed by atoms with E-state index in [9.17, 15) is 18.8 Å². The lowest BCUT2D eigenvalue weighted by Gasteiger charge is -2.24. The van der Waals surface area contributed by atoms with Crippen LogP contribution in [0.2, 0.25) is 0 Å². The van der Waals surface area contributed by atoms with Crippen LogP contribution < -0.4 is 10.7 Å². The van der Waals surface area contributed by atoms with E-state index >= 15 is 0 Å². The number of likely N-dealkylation sites (N-methyl/N-ethyl adjacent to an activating group) is 1. The van der Waals surface area contributed by atoms with Gasteiger partial charge in [0, 0.05) is 18.3 Å². The molecule has 7 nitrogen and oxygen atoms in total. The number of hydrogen-bond donors (Lipinski definition) is 2. The molecule has 9 heteroatoms. The third-order valence-corrected chi connectivity index (χ3v) is 4.66. The van der Waals surface area contributed by atoms with Gasteiger partial charge in [-0.05, 0) is 48.6 Å². The van der Waals surface area contributed by atoms with Gasteiger partial charge in [-0.1, -0.05) is 18.2 Å². The minimum atomic E-state index is -0.981. The quantitative estimate of drug-likeness (QED) is 0.750. The van der Waals surface area contributed by atoms with Crippen molar-refractivity contribution in [1.29, 1.82) is 0 Å². The standard InChI is InChI=1S/C19H17FN4O3S/c1-23-18(27)15(11-16(25)21-14-9-7-13(20)8-10-14)24(19(23)28)22-17(26)12-5-3-2-4-6-12/h2-10,15H,11H2,1H3,(H,21,25)(H,22,26). The van der Waals surface area contributed by atoms with Crippen molar-refractivity contribution >= 4 is 40.7 Å². The summed E-state index contributed by atoms with van der Waals surface area (Å²) in [6.07, 6.45) is -0.240. The molecule has 2 N–H and O–H groups in total. The fourth-order valence-corrected chi connectivity index (χ4v) is 2.97. The summed E-state index contributed by atoms with van der Waals surface area (Å²) in [5.41, 5.74) is 3.38. The van der Waals surface area contributed by atoms with E-state index in [0.29, 0.717) is 11.3 Å². The molecule has 144 valence electrons. The lowest BCUT2D eigenvalue weighted by Crippen LogP contribution is -2.49. The zero-order chi connectivity index (χ0) is 20.3. The Kier molecular flexibility index (Phi) is 5.65. The van der Waals surface area contributed by atoms with Gasteiger partial charge < -0.3 is 5.32 Å². The van der Waals surface area contributed by atoms with Crippen LogP contribution in [0.3, 0.4) is 0 Å². The van der Waals surface area contributed by atoms with Crippen molar-refractivity contribution < 1.29 is 18.8 Å². The molecule has 1 aliphatic heterocycles. The van der Waals surface area contributed by atoms with E-state index in [1.165, 1.54) is 41.2 Å². The van der Waals surface area contributed by atoms with Crippen LogP contribution in [-0.2, 0) is 9.59 Å². The monoisotopic (exact) mass is 400 g/mol. The summed E-state index contributed by atoms with van der Waals surface area (Å²) in [6.45, 7) is 0. The van der Waals surface area contributed by atoms with Gasteiger partial charge >= 0.3 is 0 Å². The minimum Gasteiger partial charge on any atom is -0.326 e. The lowest BCUT2D eigenvalue weighted by molar-refractivity contribution is -0.130. The van der Waals surface area contributed by atoms with Crippen molar-refractivity contribution in [1.82, 2.24) is 15.3 Å². The van der Waals surface area contributed by atoms with E-state index in [-0.39, 0.29) is 11.5 Å². The van der Waals surface area contributed by atoms with Gasteiger partial charge in [0.05, 0.1) is 6.42 Å². The Morgan fingerprint density at radius 1 is 1.11 bits per heavy atom. The smallest absolute Gasteiger partial charge is 0.269 e. The fourth-order valence-electron chi connectivity index (χ4n) is 2.71. The first-order valence-electron chi connectivity index (χ1n) is 8.39. The molecule has 3 amide bonds. The number of hydrogen-bond acceptors (Lipinski definition) is 4. The first-order chi connectivity index (χ1) is 13.4. The predicted octanol–water partition coefficient (Wildman–Crippen LogP) is 1.93. The van der Waals surface area contributed by atoms with Gasteiger partial charge in [-0.25, -0.2) is 9.40 Å². The summed E-state index contributed by atoms with van der Waals surface area (Å²) in [6, 6.07) is 12.7. The number of nitrogens with zero attached hydrogens (tertiary/aromatic N) is 2. The molecule has 1 atom stereocenters. The molecule has 1 fully saturated rings. The molecular formula is C19H17FN4O3S. The second kappa shape index (κ2) is 8.13. The average Bonchev–Trinajstić information content (AvgIpc) is 2.88. The molecule has 2 aromatic rings. The molecule has 1 aliphatic rings. The number of nitrogens with one attached hydrogen (secondary N) is 2. The van der Waals surface area contributed by atoms with Crippen molar-refractivity contribution in [2.45, 2.75) is 12.5 Å². The highest BCUT2D eigenvalue weighted by atomic mass is 32.1. The molecule has 0 bridgehead atoms. The molecule has 0 spiro atoms. The third-order valence-electron chi connectivity index (χ3n) is 4.19. The lowest BCUT2D eigenvalue weighted by atomic mass is 10.2. The Labute approximate surface area is 166 Å². The number of benzene rings is 2. The van der Waals surface area contributed by atoms with Crippen LogP contribution in [0.15, 0.2) is 54.6 Å². The van der Waals surface area contributed by atoms with Crippen LogP contribution in [0.4, 0.5) is 10.1 Å². The molecule has 1 unspecified atom stereocenters. The molecule has 3 rings (SSSR count). The van der Waals surface area contributed by atoms with Gasteiger partial charge in [-0.15, -0.1) is 0 Å². The Morgan fingerprint density at radius 3 is 2.39 bits per heavy atom. The number of rotatable bonds is 5. The molecule has 0 radical (unpaired) electrons. The van der Waals surface area contributed by atoms with Gasteiger partial charge in [0.2, 0.25) is 5.91 Å². The van der Waals surface area contributed by atoms with Crippen molar-refractivity contribution in [3.63, 3.8) is 0 Å². The number of carbonyl (C=O) groups excluding carboxylic acids is 3. The minimum absolute atomic E-state index is 0.0915. The summed E-state index contributed by atoms with van der Waals surface area (Å²) in [4.78, 5) is 38.5. The summed E-state index contributed by atoms with van der Waals surface area (Å²) in [7, 11) is 1.48. The molecule has 1 heterocycles. The van der Waals surface area contributed by atoms with Gasteiger partial charge in [0.1, 0.15) is 11.9 Å². The van der Waals surface area contributed by atoms with E-state index in [0.717, 1.165) is 0 Å². The highest BCUT2D eigenvalue weighted by Crippen LogP contribution is 2.19. The highest BCUT2D eigenvalue weighted by Gasteiger charge is 2.42.